The summed E-state index contributed by atoms with van der Waals surface area (Å²) >= 11 is 2.23. The number of benzene rings is 1. The van der Waals surface area contributed by atoms with Gasteiger partial charge in [0.1, 0.15) is 30.5 Å². The molecule has 26 heavy (non-hydrogen) atoms. The van der Waals surface area contributed by atoms with E-state index in [9.17, 15) is 25.5 Å². The largest absolute Gasteiger partial charge is 0.388 e. The second-order valence-corrected chi connectivity index (χ2v) is 7.70. The molecule has 0 bridgehead atoms. The lowest BCUT2D eigenvalue weighted by Crippen LogP contribution is -2.68. The molecule has 0 saturated heterocycles. The number of hydrogen-bond acceptors (Lipinski definition) is 8. The molecule has 1 aromatic carbocycles. The normalized spacial score (nSPS) is 31.8. The van der Waals surface area contributed by atoms with Gasteiger partial charge in [-0.2, -0.15) is 0 Å². The number of anilines is 1. The zero-order chi connectivity index (χ0) is 19.0. The van der Waals surface area contributed by atoms with Crippen molar-refractivity contribution in [1.29, 1.82) is 0 Å². The van der Waals surface area contributed by atoms with Gasteiger partial charge in [0, 0.05) is 10.6 Å². The Kier molecular flexibility index (Phi) is 5.79. The number of aromatic nitrogens is 3. The van der Waals surface area contributed by atoms with E-state index in [2.05, 4.69) is 32.9 Å². The van der Waals surface area contributed by atoms with Crippen LogP contribution < -0.4 is 4.90 Å². The number of aliphatic hydroxyl groups excluding tert-OH is 5. The second kappa shape index (κ2) is 7.74. The minimum absolute atomic E-state index is 0.356. The molecule has 0 amide bonds. The Bertz CT molecular complexity index is 744. The monoisotopic (exact) mass is 476 g/mol. The molecule has 1 aliphatic carbocycles. The standard InChI is InChI=1S/C16H21IN4O5/c1-20(11-12(22)14(24)16(26)15(25)13(11)23)10-7-21(19-18-10)6-8-3-2-4-9(17)5-8/h2-5,7,11-16,22-26H,6H2,1H3. The molecule has 1 fully saturated rings. The predicted octanol–water partition coefficient (Wildman–Crippen LogP) is -1.45. The van der Waals surface area contributed by atoms with E-state index in [0.717, 1.165) is 9.13 Å². The van der Waals surface area contributed by atoms with Crippen LogP contribution in [0.5, 0.6) is 0 Å². The van der Waals surface area contributed by atoms with E-state index in [1.807, 2.05) is 24.3 Å². The zero-order valence-electron chi connectivity index (χ0n) is 14.0. The predicted molar refractivity (Wildman–Crippen MR) is 101 cm³/mol. The van der Waals surface area contributed by atoms with Crippen molar-refractivity contribution in [2.75, 3.05) is 11.9 Å². The summed E-state index contributed by atoms with van der Waals surface area (Å²) in [5.74, 6) is 0.356. The SMILES string of the molecule is CN(c1cn(Cc2cccc(I)c2)nn1)C1C(O)C(O)C(O)C(O)C1O. The van der Waals surface area contributed by atoms with Crippen LogP contribution >= 0.6 is 22.6 Å². The molecule has 0 spiro atoms. The molecular weight excluding hydrogens is 455 g/mol. The highest BCUT2D eigenvalue weighted by Crippen LogP contribution is 2.27. The van der Waals surface area contributed by atoms with E-state index in [1.54, 1.807) is 17.9 Å². The summed E-state index contributed by atoms with van der Waals surface area (Å²) in [4.78, 5) is 1.44. The smallest absolute Gasteiger partial charge is 0.171 e. The van der Waals surface area contributed by atoms with E-state index < -0.39 is 36.6 Å². The minimum atomic E-state index is -1.62. The number of halogens is 1. The van der Waals surface area contributed by atoms with Crippen LogP contribution in [0.4, 0.5) is 5.82 Å². The second-order valence-electron chi connectivity index (χ2n) is 6.46. The first kappa shape index (κ1) is 19.5. The first-order chi connectivity index (χ1) is 12.3. The highest BCUT2D eigenvalue weighted by Gasteiger charge is 2.50. The van der Waals surface area contributed by atoms with Crippen LogP contribution in [0.15, 0.2) is 30.5 Å². The van der Waals surface area contributed by atoms with Gasteiger partial charge in [0.05, 0.1) is 18.8 Å². The van der Waals surface area contributed by atoms with Gasteiger partial charge in [0.2, 0.25) is 0 Å². The summed E-state index contributed by atoms with van der Waals surface area (Å²) < 4.78 is 2.72. The fraction of sp³-hybridized carbons (Fsp3) is 0.500. The number of aliphatic hydroxyl groups is 5. The average molecular weight is 476 g/mol. The van der Waals surface area contributed by atoms with Crippen molar-refractivity contribution in [3.63, 3.8) is 0 Å². The number of rotatable bonds is 4. The molecule has 4 unspecified atom stereocenters. The fourth-order valence-corrected chi connectivity index (χ4v) is 3.78. The van der Waals surface area contributed by atoms with Crippen LogP contribution in [0.1, 0.15) is 5.56 Å². The number of hydrogen-bond donors (Lipinski definition) is 5. The van der Waals surface area contributed by atoms with Gasteiger partial charge in [-0.05, 0) is 40.3 Å². The van der Waals surface area contributed by atoms with E-state index in [1.165, 1.54) is 4.90 Å². The molecule has 0 radical (unpaired) electrons. The third-order valence-corrected chi connectivity index (χ3v) is 5.34. The summed E-state index contributed by atoms with van der Waals surface area (Å²) in [5, 5.41) is 58.0. The van der Waals surface area contributed by atoms with Gasteiger partial charge < -0.3 is 30.4 Å². The molecule has 9 nitrogen and oxygen atoms in total. The highest BCUT2D eigenvalue weighted by atomic mass is 127. The van der Waals surface area contributed by atoms with E-state index in [4.69, 9.17) is 0 Å². The van der Waals surface area contributed by atoms with Crippen LogP contribution in [0, 0.1) is 3.57 Å². The van der Waals surface area contributed by atoms with Crippen molar-refractivity contribution in [1.82, 2.24) is 15.0 Å². The lowest BCUT2D eigenvalue weighted by atomic mass is 9.82. The Balaban J connectivity index is 1.78. The maximum Gasteiger partial charge on any atom is 0.171 e. The third-order valence-electron chi connectivity index (χ3n) is 4.67. The van der Waals surface area contributed by atoms with Gasteiger partial charge in [0.25, 0.3) is 0 Å². The van der Waals surface area contributed by atoms with Crippen molar-refractivity contribution in [2.45, 2.75) is 43.1 Å². The Morgan fingerprint density at radius 2 is 1.65 bits per heavy atom. The minimum Gasteiger partial charge on any atom is -0.388 e. The lowest BCUT2D eigenvalue weighted by molar-refractivity contribution is -0.185. The van der Waals surface area contributed by atoms with Crippen LogP contribution in [-0.4, -0.2) is 84.1 Å². The fourth-order valence-electron chi connectivity index (χ4n) is 3.17. The molecule has 10 heteroatoms. The molecule has 1 heterocycles. The highest BCUT2D eigenvalue weighted by molar-refractivity contribution is 14.1. The first-order valence-electron chi connectivity index (χ1n) is 8.07. The van der Waals surface area contributed by atoms with Gasteiger partial charge in [-0.25, -0.2) is 4.68 Å². The van der Waals surface area contributed by atoms with Crippen LogP contribution in [0.2, 0.25) is 0 Å². The molecule has 1 aliphatic rings. The summed E-state index contributed by atoms with van der Waals surface area (Å²) in [5.41, 5.74) is 1.04. The molecule has 0 aliphatic heterocycles. The van der Waals surface area contributed by atoms with Crippen molar-refractivity contribution < 1.29 is 25.5 Å². The van der Waals surface area contributed by atoms with Crippen molar-refractivity contribution in [3.8, 4) is 0 Å². The van der Waals surface area contributed by atoms with Crippen molar-refractivity contribution >= 4 is 28.4 Å². The molecule has 2 aromatic rings. The van der Waals surface area contributed by atoms with Crippen LogP contribution in [0.3, 0.4) is 0 Å². The maximum absolute atomic E-state index is 10.2. The summed E-state index contributed by atoms with van der Waals surface area (Å²) in [6, 6.07) is 6.88. The molecule has 1 aromatic heterocycles. The number of nitrogens with zero attached hydrogens (tertiary/aromatic N) is 4. The summed E-state index contributed by atoms with van der Waals surface area (Å²) in [6.45, 7) is 0.497. The van der Waals surface area contributed by atoms with Gasteiger partial charge in [-0.3, -0.25) is 0 Å². The van der Waals surface area contributed by atoms with Crippen molar-refractivity contribution in [3.05, 3.63) is 39.6 Å². The topological polar surface area (TPSA) is 135 Å². The molecule has 1 saturated carbocycles. The van der Waals surface area contributed by atoms with Crippen LogP contribution in [-0.2, 0) is 6.54 Å². The first-order valence-corrected chi connectivity index (χ1v) is 9.15. The third kappa shape index (κ3) is 3.70. The van der Waals surface area contributed by atoms with Crippen molar-refractivity contribution in [2.24, 2.45) is 0 Å². The lowest BCUT2D eigenvalue weighted by Gasteiger charge is -2.45. The zero-order valence-corrected chi connectivity index (χ0v) is 16.1. The van der Waals surface area contributed by atoms with E-state index in [-0.39, 0.29) is 0 Å². The molecule has 4 atom stereocenters. The quantitative estimate of drug-likeness (QED) is 0.339. The van der Waals surface area contributed by atoms with Gasteiger partial charge in [-0.15, -0.1) is 5.10 Å². The molecular formula is C16H21IN4O5. The summed E-state index contributed by atoms with van der Waals surface area (Å²) in [6.07, 6.45) is -6.07. The Hall–Kier alpha value is -1.31. The van der Waals surface area contributed by atoms with Gasteiger partial charge in [0.15, 0.2) is 5.82 Å². The molecule has 142 valence electrons. The number of likely N-dealkylation sites (N-methyl/N-ethyl adjacent to an activating group) is 1. The average Bonchev–Trinajstić information content (AvgIpc) is 3.07. The molecule has 5 N–H and O–H groups in total. The Labute approximate surface area is 163 Å². The van der Waals surface area contributed by atoms with Crippen LogP contribution in [0.25, 0.3) is 0 Å². The Morgan fingerprint density at radius 1 is 1.04 bits per heavy atom. The Morgan fingerprint density at radius 3 is 2.27 bits per heavy atom. The maximum atomic E-state index is 10.2. The van der Waals surface area contributed by atoms with E-state index in [0.29, 0.717) is 12.4 Å². The molecule has 3 rings (SSSR count). The van der Waals surface area contributed by atoms with E-state index >= 15 is 0 Å². The summed E-state index contributed by atoms with van der Waals surface area (Å²) in [7, 11) is 1.56. The van der Waals surface area contributed by atoms with Gasteiger partial charge in [-0.1, -0.05) is 17.3 Å². The van der Waals surface area contributed by atoms with Gasteiger partial charge >= 0.3 is 0 Å².